The fourth-order valence-electron chi connectivity index (χ4n) is 3.22. The topological polar surface area (TPSA) is 116 Å². The largest absolute Gasteiger partial charge is 0.361 e. The number of aryl methyl sites for hydroxylation is 1. The third kappa shape index (κ3) is 5.49. The number of benzene rings is 1. The lowest BCUT2D eigenvalue weighted by Gasteiger charge is -2.34. The lowest BCUT2D eigenvalue weighted by molar-refractivity contribution is 0.0628. The van der Waals surface area contributed by atoms with Crippen molar-refractivity contribution in [2.24, 2.45) is 0 Å². The molecular formula is C20H27N5O5S. The number of piperazine rings is 1. The van der Waals surface area contributed by atoms with E-state index in [0.29, 0.717) is 56.3 Å². The zero-order valence-electron chi connectivity index (χ0n) is 17.9. The van der Waals surface area contributed by atoms with Gasteiger partial charge in [0, 0.05) is 65.0 Å². The van der Waals surface area contributed by atoms with Crippen molar-refractivity contribution in [2.45, 2.75) is 11.8 Å². The molecule has 1 saturated heterocycles. The van der Waals surface area contributed by atoms with Gasteiger partial charge in [-0.25, -0.2) is 12.7 Å². The van der Waals surface area contributed by atoms with Crippen LogP contribution in [0.25, 0.3) is 0 Å². The molecule has 1 aromatic carbocycles. The Labute approximate surface area is 181 Å². The van der Waals surface area contributed by atoms with Crippen molar-refractivity contribution < 1.29 is 22.5 Å². The predicted molar refractivity (Wildman–Crippen MR) is 113 cm³/mol. The van der Waals surface area contributed by atoms with Crippen molar-refractivity contribution >= 4 is 21.8 Å². The van der Waals surface area contributed by atoms with Gasteiger partial charge in [-0.2, -0.15) is 0 Å². The van der Waals surface area contributed by atoms with Crippen LogP contribution in [0.2, 0.25) is 0 Å². The number of nitrogens with one attached hydrogen (secondary N) is 1. The maximum absolute atomic E-state index is 12.4. The van der Waals surface area contributed by atoms with E-state index in [1.807, 2.05) is 0 Å². The van der Waals surface area contributed by atoms with Gasteiger partial charge in [-0.3, -0.25) is 14.5 Å². The fourth-order valence-corrected chi connectivity index (χ4v) is 4.12. The van der Waals surface area contributed by atoms with Gasteiger partial charge in [0.25, 0.3) is 11.8 Å². The highest BCUT2D eigenvalue weighted by Gasteiger charge is 2.24. The molecule has 1 aliphatic rings. The van der Waals surface area contributed by atoms with Crippen LogP contribution in [0.5, 0.6) is 0 Å². The highest BCUT2D eigenvalue weighted by atomic mass is 32.2. The number of rotatable bonds is 7. The second kappa shape index (κ2) is 9.58. The summed E-state index contributed by atoms with van der Waals surface area (Å²) in [7, 11) is -0.602. The van der Waals surface area contributed by atoms with Crippen LogP contribution >= 0.6 is 0 Å². The molecule has 1 N–H and O–H groups in total. The van der Waals surface area contributed by atoms with E-state index in [4.69, 9.17) is 4.52 Å². The van der Waals surface area contributed by atoms with Gasteiger partial charge in [0.05, 0.1) is 4.90 Å². The molecule has 0 aliphatic carbocycles. The summed E-state index contributed by atoms with van der Waals surface area (Å²) >= 11 is 0. The monoisotopic (exact) mass is 449 g/mol. The molecule has 1 aliphatic heterocycles. The van der Waals surface area contributed by atoms with Crippen LogP contribution in [0, 0.1) is 6.92 Å². The molecule has 1 fully saturated rings. The van der Waals surface area contributed by atoms with E-state index < -0.39 is 10.0 Å². The van der Waals surface area contributed by atoms with Crippen molar-refractivity contribution in [3.8, 4) is 0 Å². The van der Waals surface area contributed by atoms with Crippen LogP contribution < -0.4 is 5.32 Å². The molecule has 0 saturated carbocycles. The summed E-state index contributed by atoms with van der Waals surface area (Å²) in [5.41, 5.74) is 0.721. The Hall–Kier alpha value is -2.76. The molecule has 0 radical (unpaired) electrons. The Morgan fingerprint density at radius 3 is 2.32 bits per heavy atom. The number of nitrogens with zero attached hydrogens (tertiary/aromatic N) is 4. The Morgan fingerprint density at radius 2 is 1.77 bits per heavy atom. The second-order valence-corrected chi connectivity index (χ2v) is 9.68. The summed E-state index contributed by atoms with van der Waals surface area (Å²) < 4.78 is 30.3. The molecule has 1 aromatic heterocycles. The maximum atomic E-state index is 12.4. The van der Waals surface area contributed by atoms with Crippen LogP contribution in [0.4, 0.5) is 0 Å². The first-order valence-electron chi connectivity index (χ1n) is 9.94. The zero-order valence-corrected chi connectivity index (χ0v) is 18.7. The first kappa shape index (κ1) is 22.9. The number of aromatic nitrogens is 1. The summed E-state index contributed by atoms with van der Waals surface area (Å²) in [6, 6.07) is 7.49. The molecule has 0 unspecified atom stereocenters. The van der Waals surface area contributed by atoms with Crippen LogP contribution in [-0.2, 0) is 10.0 Å². The van der Waals surface area contributed by atoms with E-state index in [1.165, 1.54) is 38.4 Å². The Bertz CT molecular complexity index is 1020. The molecular weight excluding hydrogens is 422 g/mol. The highest BCUT2D eigenvalue weighted by Crippen LogP contribution is 2.14. The number of hydrogen-bond donors (Lipinski definition) is 1. The Balaban J connectivity index is 1.43. The van der Waals surface area contributed by atoms with Gasteiger partial charge in [-0.05, 0) is 31.2 Å². The van der Waals surface area contributed by atoms with E-state index in [-0.39, 0.29) is 16.7 Å². The molecule has 0 bridgehead atoms. The summed E-state index contributed by atoms with van der Waals surface area (Å²) in [6.45, 7) is 5.43. The van der Waals surface area contributed by atoms with Gasteiger partial charge < -0.3 is 14.7 Å². The SMILES string of the molecule is Cc1cc(C(=O)N2CCN(CCNC(=O)c3ccc(S(=O)(=O)N(C)C)cc3)CC2)no1. The first-order valence-corrected chi connectivity index (χ1v) is 11.4. The normalized spacial score (nSPS) is 15.3. The molecule has 2 amide bonds. The number of sulfonamides is 1. The van der Waals surface area contributed by atoms with Crippen LogP contribution in [0.3, 0.4) is 0 Å². The molecule has 31 heavy (non-hydrogen) atoms. The minimum absolute atomic E-state index is 0.135. The van der Waals surface area contributed by atoms with E-state index in [2.05, 4.69) is 15.4 Å². The standard InChI is InChI=1S/C20H27N5O5S/c1-15-14-18(22-30-15)20(27)25-12-10-24(11-13-25)9-8-21-19(26)16-4-6-17(7-5-16)31(28,29)23(2)3/h4-7,14H,8-13H2,1-3H3,(H,21,26). The summed E-state index contributed by atoms with van der Waals surface area (Å²) in [5, 5.41) is 6.62. The number of amides is 2. The lowest BCUT2D eigenvalue weighted by Crippen LogP contribution is -2.50. The average molecular weight is 450 g/mol. The van der Waals surface area contributed by atoms with E-state index in [9.17, 15) is 18.0 Å². The van der Waals surface area contributed by atoms with Crippen molar-refractivity contribution in [1.82, 2.24) is 24.6 Å². The molecule has 3 rings (SSSR count). The lowest BCUT2D eigenvalue weighted by atomic mass is 10.2. The quantitative estimate of drug-likeness (QED) is 0.651. The van der Waals surface area contributed by atoms with Gasteiger partial charge in [-0.15, -0.1) is 0 Å². The molecule has 0 spiro atoms. The summed E-state index contributed by atoms with van der Waals surface area (Å²) in [4.78, 5) is 28.8. The number of carbonyl (C=O) groups excluding carboxylic acids is 2. The van der Waals surface area contributed by atoms with Crippen molar-refractivity contribution in [3.63, 3.8) is 0 Å². The Morgan fingerprint density at radius 1 is 1.13 bits per heavy atom. The van der Waals surface area contributed by atoms with Gasteiger partial charge in [0.2, 0.25) is 10.0 Å². The minimum atomic E-state index is -3.52. The Kier molecular flexibility index (Phi) is 7.08. The summed E-state index contributed by atoms with van der Waals surface area (Å²) in [6.07, 6.45) is 0. The predicted octanol–water partition coefficient (Wildman–Crippen LogP) is 0.421. The third-order valence-electron chi connectivity index (χ3n) is 5.12. The molecule has 2 aromatic rings. The second-order valence-electron chi connectivity index (χ2n) is 7.52. The van der Waals surface area contributed by atoms with E-state index >= 15 is 0 Å². The maximum Gasteiger partial charge on any atom is 0.276 e. The fraction of sp³-hybridized carbons (Fsp3) is 0.450. The van der Waals surface area contributed by atoms with E-state index in [1.54, 1.807) is 17.9 Å². The van der Waals surface area contributed by atoms with Gasteiger partial charge in [-0.1, -0.05) is 5.16 Å². The van der Waals surface area contributed by atoms with Crippen LogP contribution in [-0.4, -0.2) is 92.9 Å². The molecule has 0 atom stereocenters. The summed E-state index contributed by atoms with van der Waals surface area (Å²) in [5.74, 6) is 0.209. The molecule has 168 valence electrons. The van der Waals surface area contributed by atoms with Gasteiger partial charge in [0.1, 0.15) is 5.76 Å². The van der Waals surface area contributed by atoms with E-state index in [0.717, 1.165) is 4.31 Å². The molecule has 10 nitrogen and oxygen atoms in total. The smallest absolute Gasteiger partial charge is 0.276 e. The van der Waals surface area contributed by atoms with Crippen molar-refractivity contribution in [3.05, 3.63) is 47.3 Å². The average Bonchev–Trinajstić information content (AvgIpc) is 3.20. The van der Waals surface area contributed by atoms with Gasteiger partial charge >= 0.3 is 0 Å². The van der Waals surface area contributed by atoms with Crippen LogP contribution in [0.15, 0.2) is 39.8 Å². The number of hydrogen-bond acceptors (Lipinski definition) is 7. The van der Waals surface area contributed by atoms with Crippen molar-refractivity contribution in [1.29, 1.82) is 0 Å². The molecule has 2 heterocycles. The van der Waals surface area contributed by atoms with Crippen molar-refractivity contribution in [2.75, 3.05) is 53.4 Å². The first-order chi connectivity index (χ1) is 14.7. The minimum Gasteiger partial charge on any atom is -0.361 e. The highest BCUT2D eigenvalue weighted by molar-refractivity contribution is 7.89. The molecule has 11 heteroatoms. The number of carbonyl (C=O) groups is 2. The van der Waals surface area contributed by atoms with Gasteiger partial charge in [0.15, 0.2) is 5.69 Å². The third-order valence-corrected chi connectivity index (χ3v) is 6.94. The van der Waals surface area contributed by atoms with Crippen LogP contribution in [0.1, 0.15) is 26.6 Å². The zero-order chi connectivity index (χ0) is 22.6.